The molecule has 0 bridgehead atoms. The lowest BCUT2D eigenvalue weighted by atomic mass is 10.1. The van der Waals surface area contributed by atoms with Crippen molar-refractivity contribution in [3.63, 3.8) is 0 Å². The molecule has 0 saturated heterocycles. The molecule has 0 saturated carbocycles. The molecule has 3 rings (SSSR count). The van der Waals surface area contributed by atoms with Gasteiger partial charge < -0.3 is 4.74 Å². The quantitative estimate of drug-likeness (QED) is 0.572. The van der Waals surface area contributed by atoms with Gasteiger partial charge in [0, 0.05) is 19.7 Å². The first kappa shape index (κ1) is 22.3. The average molecular weight is 442 g/mol. The molecular formula is C22H23N3O5S. The van der Waals surface area contributed by atoms with Crippen molar-refractivity contribution in [1.29, 1.82) is 0 Å². The molecule has 0 aliphatic heterocycles. The number of amides is 2. The van der Waals surface area contributed by atoms with Crippen LogP contribution in [-0.2, 0) is 10.0 Å². The van der Waals surface area contributed by atoms with E-state index in [2.05, 4.69) is 10.9 Å². The van der Waals surface area contributed by atoms with Crippen LogP contribution in [0.4, 0.5) is 0 Å². The summed E-state index contributed by atoms with van der Waals surface area (Å²) >= 11 is 0. The number of hydrogen-bond acceptors (Lipinski definition) is 5. The van der Waals surface area contributed by atoms with E-state index in [1.807, 2.05) is 31.2 Å². The van der Waals surface area contributed by atoms with Crippen LogP contribution in [0.2, 0.25) is 0 Å². The number of ether oxygens (including phenoxy) is 1. The minimum atomic E-state index is -3.69. The summed E-state index contributed by atoms with van der Waals surface area (Å²) in [5.41, 5.74) is 5.04. The molecule has 0 spiro atoms. The van der Waals surface area contributed by atoms with Crippen LogP contribution in [0, 0.1) is 0 Å². The van der Waals surface area contributed by atoms with Crippen LogP contribution in [-0.4, -0.2) is 45.2 Å². The number of carbonyl (C=O) groups is 2. The zero-order valence-electron chi connectivity index (χ0n) is 17.4. The van der Waals surface area contributed by atoms with E-state index in [-0.39, 0.29) is 16.0 Å². The molecule has 2 amide bonds. The third-order valence-corrected chi connectivity index (χ3v) is 6.37. The molecule has 0 aromatic heterocycles. The van der Waals surface area contributed by atoms with Crippen molar-refractivity contribution in [2.75, 3.05) is 20.7 Å². The van der Waals surface area contributed by atoms with Gasteiger partial charge in [-0.3, -0.25) is 20.4 Å². The van der Waals surface area contributed by atoms with Gasteiger partial charge in [-0.1, -0.05) is 30.3 Å². The van der Waals surface area contributed by atoms with Crippen LogP contribution in [0.5, 0.6) is 5.75 Å². The normalized spacial score (nSPS) is 11.4. The predicted molar refractivity (Wildman–Crippen MR) is 117 cm³/mol. The number of hydrazine groups is 1. The van der Waals surface area contributed by atoms with Crippen LogP contribution in [0.25, 0.3) is 10.8 Å². The highest BCUT2D eigenvalue weighted by Gasteiger charge is 2.19. The van der Waals surface area contributed by atoms with E-state index in [1.54, 1.807) is 12.1 Å². The third kappa shape index (κ3) is 4.84. The summed E-state index contributed by atoms with van der Waals surface area (Å²) in [7, 11) is -0.881. The first-order valence-corrected chi connectivity index (χ1v) is 11.0. The van der Waals surface area contributed by atoms with Crippen LogP contribution in [0.3, 0.4) is 0 Å². The molecule has 3 aromatic rings. The van der Waals surface area contributed by atoms with Gasteiger partial charge in [0.15, 0.2) is 0 Å². The Labute approximate surface area is 180 Å². The van der Waals surface area contributed by atoms with Crippen molar-refractivity contribution in [1.82, 2.24) is 15.2 Å². The summed E-state index contributed by atoms with van der Waals surface area (Å²) < 4.78 is 31.2. The smallest absolute Gasteiger partial charge is 0.273 e. The van der Waals surface area contributed by atoms with E-state index >= 15 is 0 Å². The molecule has 3 aromatic carbocycles. The summed E-state index contributed by atoms with van der Waals surface area (Å²) in [6.07, 6.45) is 0. The molecule has 0 aliphatic carbocycles. The maximum Gasteiger partial charge on any atom is 0.273 e. The highest BCUT2D eigenvalue weighted by atomic mass is 32.2. The number of benzene rings is 3. The Bertz CT molecular complexity index is 1240. The topological polar surface area (TPSA) is 105 Å². The maximum absolute atomic E-state index is 12.7. The summed E-state index contributed by atoms with van der Waals surface area (Å²) in [4.78, 5) is 25.2. The Hall–Kier alpha value is -3.43. The largest absolute Gasteiger partial charge is 0.493 e. The van der Waals surface area contributed by atoms with Gasteiger partial charge in [0.2, 0.25) is 10.0 Å². The van der Waals surface area contributed by atoms with Crippen LogP contribution < -0.4 is 15.6 Å². The first-order valence-electron chi connectivity index (χ1n) is 9.53. The minimum absolute atomic E-state index is 0.0235. The van der Waals surface area contributed by atoms with Gasteiger partial charge in [-0.25, -0.2) is 12.7 Å². The van der Waals surface area contributed by atoms with Crippen molar-refractivity contribution in [3.8, 4) is 5.75 Å². The lowest BCUT2D eigenvalue weighted by Crippen LogP contribution is -2.41. The molecule has 8 nitrogen and oxygen atoms in total. The predicted octanol–water partition coefficient (Wildman–Crippen LogP) is 2.56. The Morgan fingerprint density at radius 1 is 0.903 bits per heavy atom. The summed E-state index contributed by atoms with van der Waals surface area (Å²) in [6.45, 7) is 2.19. The van der Waals surface area contributed by atoms with E-state index in [0.29, 0.717) is 12.4 Å². The Morgan fingerprint density at radius 2 is 1.55 bits per heavy atom. The standard InChI is InChI=1S/C22H23N3O5S/c1-4-30-20-14-16-9-6-5-8-15(16)13-19(20)22(27)24-23-21(26)17-10-7-11-18(12-17)31(28,29)25(2)3/h5-14H,4H2,1-3H3,(H,23,26)(H,24,27). The molecule has 0 aliphatic rings. The first-order chi connectivity index (χ1) is 14.7. The number of nitrogens with zero attached hydrogens (tertiary/aromatic N) is 1. The van der Waals surface area contributed by atoms with E-state index in [9.17, 15) is 18.0 Å². The Kier molecular flexibility index (Phi) is 6.57. The van der Waals surface area contributed by atoms with Gasteiger partial charge in [-0.15, -0.1) is 0 Å². The number of hydrogen-bond donors (Lipinski definition) is 2. The van der Waals surface area contributed by atoms with E-state index < -0.39 is 21.8 Å². The molecule has 0 radical (unpaired) electrons. The molecule has 162 valence electrons. The SMILES string of the molecule is CCOc1cc2ccccc2cc1C(=O)NNC(=O)c1cccc(S(=O)(=O)N(C)C)c1. The van der Waals surface area contributed by atoms with Crippen molar-refractivity contribution in [2.45, 2.75) is 11.8 Å². The molecule has 0 heterocycles. The highest BCUT2D eigenvalue weighted by molar-refractivity contribution is 7.89. The summed E-state index contributed by atoms with van der Waals surface area (Å²) in [6, 6.07) is 16.6. The minimum Gasteiger partial charge on any atom is -0.493 e. The second-order valence-electron chi connectivity index (χ2n) is 6.85. The van der Waals surface area contributed by atoms with Crippen molar-refractivity contribution >= 4 is 32.6 Å². The van der Waals surface area contributed by atoms with Crippen LogP contribution in [0.1, 0.15) is 27.6 Å². The molecule has 31 heavy (non-hydrogen) atoms. The number of carbonyl (C=O) groups excluding carboxylic acids is 2. The van der Waals surface area contributed by atoms with E-state index in [1.165, 1.54) is 38.4 Å². The van der Waals surface area contributed by atoms with Gasteiger partial charge in [0.25, 0.3) is 11.8 Å². The monoisotopic (exact) mass is 441 g/mol. The van der Waals surface area contributed by atoms with Crippen molar-refractivity contribution < 1.29 is 22.7 Å². The molecule has 2 N–H and O–H groups in total. The third-order valence-electron chi connectivity index (χ3n) is 4.56. The fourth-order valence-corrected chi connectivity index (χ4v) is 3.88. The lowest BCUT2D eigenvalue weighted by molar-refractivity contribution is 0.0844. The lowest BCUT2D eigenvalue weighted by Gasteiger charge is -2.14. The average Bonchev–Trinajstić information content (AvgIpc) is 2.77. The molecule has 0 atom stereocenters. The van der Waals surface area contributed by atoms with Crippen LogP contribution >= 0.6 is 0 Å². The maximum atomic E-state index is 12.7. The van der Waals surface area contributed by atoms with E-state index in [4.69, 9.17) is 4.74 Å². The number of rotatable bonds is 6. The van der Waals surface area contributed by atoms with Crippen LogP contribution in [0.15, 0.2) is 65.6 Å². The molecule has 9 heteroatoms. The summed E-state index contributed by atoms with van der Waals surface area (Å²) in [5.74, 6) is -0.811. The van der Waals surface area contributed by atoms with Gasteiger partial charge in [0.1, 0.15) is 5.75 Å². The zero-order valence-corrected chi connectivity index (χ0v) is 18.2. The van der Waals surface area contributed by atoms with Gasteiger partial charge in [-0.05, 0) is 48.0 Å². The Balaban J connectivity index is 1.80. The Morgan fingerprint density at radius 3 is 2.19 bits per heavy atom. The fourth-order valence-electron chi connectivity index (χ4n) is 2.93. The van der Waals surface area contributed by atoms with Crippen molar-refractivity contribution in [3.05, 3.63) is 71.8 Å². The summed E-state index contributed by atoms with van der Waals surface area (Å²) in [5, 5.41) is 1.77. The number of sulfonamides is 1. The number of fused-ring (bicyclic) bond motifs is 1. The van der Waals surface area contributed by atoms with Gasteiger partial charge in [-0.2, -0.15) is 0 Å². The van der Waals surface area contributed by atoms with Gasteiger partial charge in [0.05, 0.1) is 17.1 Å². The highest BCUT2D eigenvalue weighted by Crippen LogP contribution is 2.26. The zero-order chi connectivity index (χ0) is 22.6. The second-order valence-corrected chi connectivity index (χ2v) is 9.00. The van der Waals surface area contributed by atoms with Crippen molar-refractivity contribution in [2.24, 2.45) is 0 Å². The number of nitrogens with one attached hydrogen (secondary N) is 2. The molecule has 0 unspecified atom stereocenters. The molecular weight excluding hydrogens is 418 g/mol. The molecule has 0 fully saturated rings. The second kappa shape index (κ2) is 9.15. The fraction of sp³-hybridized carbons (Fsp3) is 0.182. The van der Waals surface area contributed by atoms with E-state index in [0.717, 1.165) is 15.1 Å². The van der Waals surface area contributed by atoms with Gasteiger partial charge >= 0.3 is 0 Å².